The molecule has 6 atom stereocenters. The number of carbonyl (C=O) groups excluding carboxylic acids is 9. The lowest BCUT2D eigenvalue weighted by Crippen LogP contribution is -2.42. The third kappa shape index (κ3) is 16.1. The Morgan fingerprint density at radius 1 is 0.540 bits per heavy atom. The summed E-state index contributed by atoms with van der Waals surface area (Å²) < 4.78 is 55.6. The SMILES string of the molecule is Cn1ncnc1CN1C[C@H](C(=O)C(=O)NC2CC2)[C@@H](Cc2ccc(F)cc2)C1=O.Cn1ncnc1CN1C[C@H](C(=O)C(=O)NCC(C)(F)F)[C@@H](Cc2ccc(F)cc2)C1=O.O=C(NC1CC1)C(=O)[C@H]1CN(c2cncnc2)C(=O)[C@@H]1Cc1ccccc1. The van der Waals surface area contributed by atoms with Crippen molar-refractivity contribution in [2.45, 2.75) is 83.0 Å². The molecule has 0 unspecified atom stereocenters. The Morgan fingerprint density at radius 3 is 1.34 bits per heavy atom. The van der Waals surface area contributed by atoms with Crippen molar-refractivity contribution in [1.82, 2.24) is 65.2 Å². The van der Waals surface area contributed by atoms with Crippen LogP contribution >= 0.6 is 0 Å². The predicted molar refractivity (Wildman–Crippen MR) is 300 cm³/mol. The molecule has 456 valence electrons. The fraction of sp³-hybridized carbons (Fsp3) is 0.417. The first-order valence-electron chi connectivity index (χ1n) is 28.3. The maximum Gasteiger partial charge on any atom is 0.287 e. The summed E-state index contributed by atoms with van der Waals surface area (Å²) in [6.07, 6.45) is 11.5. The van der Waals surface area contributed by atoms with Crippen LogP contribution in [-0.2, 0) is 89.6 Å². The molecular formula is C60H64F4N14O9. The fourth-order valence-corrected chi connectivity index (χ4v) is 10.6. The van der Waals surface area contributed by atoms with Gasteiger partial charge in [-0.15, -0.1) is 0 Å². The van der Waals surface area contributed by atoms with Crippen LogP contribution in [0.1, 0.15) is 60.9 Å². The van der Waals surface area contributed by atoms with Gasteiger partial charge in [-0.1, -0.05) is 54.6 Å². The molecule has 3 aromatic carbocycles. The molecule has 0 bridgehead atoms. The summed E-state index contributed by atoms with van der Waals surface area (Å²) >= 11 is 0. The number of nitrogens with zero attached hydrogens (tertiary/aromatic N) is 11. The lowest BCUT2D eigenvalue weighted by Gasteiger charge is -2.16. The van der Waals surface area contributed by atoms with Crippen molar-refractivity contribution in [2.75, 3.05) is 31.1 Å². The van der Waals surface area contributed by atoms with Crippen LogP contribution in [0.15, 0.2) is 110 Å². The highest BCUT2D eigenvalue weighted by Gasteiger charge is 2.49. The third-order valence-corrected chi connectivity index (χ3v) is 15.7. The molecule has 3 aliphatic heterocycles. The number of hydrogen-bond acceptors (Lipinski definition) is 15. The highest BCUT2D eigenvalue weighted by atomic mass is 19.3. The Kier molecular flexibility index (Phi) is 19.5. The van der Waals surface area contributed by atoms with Crippen molar-refractivity contribution in [2.24, 2.45) is 49.6 Å². The van der Waals surface area contributed by atoms with Gasteiger partial charge >= 0.3 is 0 Å². The molecule has 2 saturated carbocycles. The minimum atomic E-state index is -3.17. The van der Waals surface area contributed by atoms with Gasteiger partial charge in [-0.05, 0) is 85.9 Å². The highest BCUT2D eigenvalue weighted by molar-refractivity contribution is 6.39. The lowest BCUT2D eigenvalue weighted by molar-refractivity contribution is -0.142. The number of halogens is 4. The van der Waals surface area contributed by atoms with E-state index < -0.39 is 88.9 Å². The van der Waals surface area contributed by atoms with E-state index in [9.17, 15) is 60.7 Å². The molecule has 5 fully saturated rings. The number of Topliss-reactive ketones (excluding diaryl/α,β-unsaturated/α-hetero) is 3. The predicted octanol–water partition coefficient (Wildman–Crippen LogP) is 2.88. The fourth-order valence-electron chi connectivity index (χ4n) is 10.6. The molecule has 11 rings (SSSR count). The Hall–Kier alpha value is -9.43. The normalized spacial score (nSPS) is 20.7. The highest BCUT2D eigenvalue weighted by Crippen LogP contribution is 2.35. The smallest absolute Gasteiger partial charge is 0.287 e. The van der Waals surface area contributed by atoms with Crippen molar-refractivity contribution in [3.63, 3.8) is 0 Å². The van der Waals surface area contributed by atoms with E-state index in [1.165, 1.54) is 69.9 Å². The number of benzene rings is 3. The van der Waals surface area contributed by atoms with E-state index in [1.807, 2.05) is 35.6 Å². The first-order valence-corrected chi connectivity index (χ1v) is 28.3. The molecule has 5 aliphatic rings. The molecule has 87 heavy (non-hydrogen) atoms. The van der Waals surface area contributed by atoms with Gasteiger partial charge in [-0.2, -0.15) is 10.2 Å². The van der Waals surface area contributed by atoms with Gasteiger partial charge in [-0.25, -0.2) is 37.5 Å². The summed E-state index contributed by atoms with van der Waals surface area (Å²) in [5.41, 5.74) is 2.85. The second-order valence-electron chi connectivity index (χ2n) is 22.4. The molecule has 23 nitrogen and oxygen atoms in total. The van der Waals surface area contributed by atoms with Crippen molar-refractivity contribution in [3.05, 3.63) is 150 Å². The van der Waals surface area contributed by atoms with Crippen LogP contribution in [0, 0.1) is 47.1 Å². The van der Waals surface area contributed by atoms with E-state index >= 15 is 0 Å². The van der Waals surface area contributed by atoms with Crippen molar-refractivity contribution < 1.29 is 60.7 Å². The third-order valence-electron chi connectivity index (χ3n) is 15.7. The van der Waals surface area contributed by atoms with E-state index in [0.29, 0.717) is 36.2 Å². The van der Waals surface area contributed by atoms with Gasteiger partial charge in [0.05, 0.1) is 73.2 Å². The maximum atomic E-state index is 13.2. The minimum absolute atomic E-state index is 0.0632. The number of aryl methyl sites for hydroxylation is 2. The lowest BCUT2D eigenvalue weighted by atomic mass is 9.86. The zero-order chi connectivity index (χ0) is 62.1. The average molecular weight is 1200 g/mol. The summed E-state index contributed by atoms with van der Waals surface area (Å²) in [6, 6.07) is 21.0. The summed E-state index contributed by atoms with van der Waals surface area (Å²) in [7, 11) is 3.38. The second kappa shape index (κ2) is 27.3. The van der Waals surface area contributed by atoms with Crippen molar-refractivity contribution in [3.8, 4) is 0 Å². The van der Waals surface area contributed by atoms with Gasteiger partial charge in [0.2, 0.25) is 35.1 Å². The first-order chi connectivity index (χ1) is 41.6. The van der Waals surface area contributed by atoms with Crippen LogP contribution in [0.2, 0.25) is 0 Å². The monoisotopic (exact) mass is 1200 g/mol. The molecule has 27 heteroatoms. The van der Waals surface area contributed by atoms with E-state index in [1.54, 1.807) is 48.2 Å². The standard InChI is InChI=1S/C20H22F3N5O3.C20H22FN5O3.C20H20N4O3/c1-20(22,23)10-24-18(30)17(29)15-8-28(9-16-25-11-26-27(16)2)19(31)14(15)7-12-3-5-13(21)6-4-12;1-25-17(22-11-23-25)10-26-9-16(18(27)19(28)24-14-6-7-14)15(20(26)29)8-12-2-4-13(21)5-3-12;25-18(19(26)23-14-6-7-14)17-11-24(15-9-21-12-22-10-15)20(27)16(17)8-13-4-2-1-3-5-13/h3-6,11,14-15H,7-10H2,1-2H3,(H,24,30);2-5,11,14-16H,6-10H2,1H3,(H,24,28);1-5,9-10,12,14,16-17H,6-8,11H2,(H,23,26)/t14-,15+;15-,16+;16-,17+/m111/s1. The van der Waals surface area contributed by atoms with Crippen molar-refractivity contribution >= 4 is 58.5 Å². The van der Waals surface area contributed by atoms with Crippen LogP contribution in [0.25, 0.3) is 0 Å². The van der Waals surface area contributed by atoms with Crippen LogP contribution in [0.3, 0.4) is 0 Å². The van der Waals surface area contributed by atoms with Gasteiger partial charge in [0.1, 0.15) is 42.3 Å². The molecule has 3 N–H and O–H groups in total. The summed E-state index contributed by atoms with van der Waals surface area (Å²) in [6.45, 7) is 0.179. The topological polar surface area (TPSA) is 287 Å². The number of nitrogens with one attached hydrogen (secondary N) is 3. The van der Waals surface area contributed by atoms with Crippen LogP contribution in [0.4, 0.5) is 23.2 Å². The van der Waals surface area contributed by atoms with Gasteiger partial charge < -0.3 is 30.7 Å². The molecule has 6 amide bonds. The minimum Gasteiger partial charge on any atom is -0.347 e. The number of likely N-dealkylation sites (tertiary alicyclic amines) is 2. The summed E-state index contributed by atoms with van der Waals surface area (Å²) in [4.78, 5) is 135. The maximum absolute atomic E-state index is 13.2. The Morgan fingerprint density at radius 2 is 0.943 bits per heavy atom. The largest absolute Gasteiger partial charge is 0.347 e. The van der Waals surface area contributed by atoms with E-state index in [4.69, 9.17) is 0 Å². The number of aromatic nitrogens is 8. The van der Waals surface area contributed by atoms with Gasteiger partial charge in [-0.3, -0.25) is 52.5 Å². The zero-order valence-corrected chi connectivity index (χ0v) is 47.8. The number of ketones is 3. The molecular weight excluding hydrogens is 1140 g/mol. The van der Waals surface area contributed by atoms with Crippen molar-refractivity contribution in [1.29, 1.82) is 0 Å². The van der Waals surface area contributed by atoms with Crippen LogP contribution in [-0.4, -0.2) is 146 Å². The quantitative estimate of drug-likeness (QED) is 0.0690. The van der Waals surface area contributed by atoms with E-state index in [-0.39, 0.29) is 81.2 Å². The number of carbonyl (C=O) groups is 9. The second-order valence-corrected chi connectivity index (χ2v) is 22.4. The number of anilines is 1. The van der Waals surface area contributed by atoms with Gasteiger partial charge in [0.25, 0.3) is 23.6 Å². The number of hydrogen-bond donors (Lipinski definition) is 3. The zero-order valence-electron chi connectivity index (χ0n) is 47.8. The summed E-state index contributed by atoms with van der Waals surface area (Å²) in [5.74, 6) is -12.7. The van der Waals surface area contributed by atoms with Crippen LogP contribution < -0.4 is 20.9 Å². The Bertz CT molecular complexity index is 3490. The van der Waals surface area contributed by atoms with Gasteiger partial charge in [0, 0.05) is 52.7 Å². The van der Waals surface area contributed by atoms with E-state index in [2.05, 4.69) is 40.8 Å². The number of rotatable bonds is 21. The summed E-state index contributed by atoms with van der Waals surface area (Å²) in [5, 5.41) is 15.3. The number of alkyl halides is 2. The number of amides is 6. The molecule has 0 spiro atoms. The Labute approximate surface area is 496 Å². The first kappa shape index (κ1) is 62.1. The molecule has 0 radical (unpaired) electrons. The van der Waals surface area contributed by atoms with E-state index in [0.717, 1.165) is 36.8 Å². The van der Waals surface area contributed by atoms with Crippen LogP contribution in [0.5, 0.6) is 0 Å². The molecule has 3 saturated heterocycles. The molecule has 6 heterocycles. The molecule has 3 aromatic heterocycles. The molecule has 6 aromatic rings. The van der Waals surface area contributed by atoms with Gasteiger partial charge in [0.15, 0.2) is 0 Å². The average Bonchev–Trinajstić information content (AvgIpc) is 2.15. The molecule has 2 aliphatic carbocycles. The Balaban J connectivity index is 0.000000156.